The van der Waals surface area contributed by atoms with Crippen LogP contribution in [0, 0.1) is 15.9 Å². The van der Waals surface area contributed by atoms with Gasteiger partial charge in [-0.1, -0.05) is 17.4 Å². The molecule has 3 aromatic carbocycles. The highest BCUT2D eigenvalue weighted by Crippen LogP contribution is 2.39. The number of anilines is 1. The maximum Gasteiger partial charge on any atom is 0.341 e. The monoisotopic (exact) mass is 637 g/mol. The molecule has 1 atom stereocenters. The van der Waals surface area contributed by atoms with E-state index >= 15 is 0 Å². The number of rotatable bonds is 13. The topological polar surface area (TPSA) is 162 Å². The normalized spacial score (nSPS) is 12.1. The number of hydrogen-bond donors (Lipinski definition) is 0. The van der Waals surface area contributed by atoms with Crippen molar-refractivity contribution in [2.75, 3.05) is 24.6 Å². The lowest BCUT2D eigenvalue weighted by molar-refractivity contribution is -0.384. The molecule has 0 saturated carbocycles. The molecule has 0 radical (unpaired) electrons. The summed E-state index contributed by atoms with van der Waals surface area (Å²) < 4.78 is 41.6. The molecule has 4 rings (SSSR count). The minimum atomic E-state index is -2.49. The van der Waals surface area contributed by atoms with Gasteiger partial charge in [-0.15, -0.1) is 20.5 Å². The molecule has 15 heteroatoms. The van der Waals surface area contributed by atoms with E-state index in [1.54, 1.807) is 19.1 Å². The summed E-state index contributed by atoms with van der Waals surface area (Å²) in [5.74, 6) is -1.15. The molecule has 0 N–H and O–H groups in total. The van der Waals surface area contributed by atoms with Crippen molar-refractivity contribution in [3.8, 4) is 0 Å². The summed E-state index contributed by atoms with van der Waals surface area (Å²) in [7, 11) is 0. The molecule has 0 spiro atoms. The fourth-order valence-electron chi connectivity index (χ4n) is 3.99. The number of carbonyl (C=O) groups is 1. The van der Waals surface area contributed by atoms with E-state index in [0.29, 0.717) is 41.4 Å². The predicted octanol–water partition coefficient (Wildman–Crippen LogP) is 8.11. The molecule has 0 bridgehead atoms. The van der Waals surface area contributed by atoms with Gasteiger partial charge in [0.05, 0.1) is 22.9 Å². The lowest BCUT2D eigenvalue weighted by Gasteiger charge is -2.23. The van der Waals surface area contributed by atoms with Gasteiger partial charge >= 0.3 is 5.97 Å². The van der Waals surface area contributed by atoms with Crippen molar-refractivity contribution in [2.45, 2.75) is 25.2 Å². The molecule has 0 aliphatic heterocycles. The quantitative estimate of drug-likeness (QED) is 0.0470. The van der Waals surface area contributed by atoms with E-state index in [9.17, 15) is 28.1 Å². The Morgan fingerprint density at radius 3 is 2.23 bits per heavy atom. The first-order chi connectivity index (χ1) is 21.2. The highest BCUT2D eigenvalue weighted by Gasteiger charge is 2.18. The van der Waals surface area contributed by atoms with Crippen LogP contribution in [-0.4, -0.2) is 39.4 Å². The average molecular weight is 638 g/mol. The lowest BCUT2D eigenvalue weighted by atomic mass is 10.1. The SMILES string of the molecule is CCOC(=O)c1cc(N=Nc2ccc([N+](=O)[O-])cc2)sc1N=Nc1ccc(N(CC)CCc2ccc(S(=O)[O-])cc2F)cc1. The van der Waals surface area contributed by atoms with Crippen LogP contribution >= 0.6 is 11.3 Å². The van der Waals surface area contributed by atoms with Crippen LogP contribution in [0.4, 0.5) is 37.1 Å². The summed E-state index contributed by atoms with van der Waals surface area (Å²) >= 11 is -1.41. The fourth-order valence-corrected chi connectivity index (χ4v) is 5.16. The fraction of sp³-hybridized carbons (Fsp3) is 0.207. The minimum absolute atomic E-state index is 0.0676. The molecule has 0 saturated heterocycles. The number of benzene rings is 3. The molecule has 1 aromatic heterocycles. The van der Waals surface area contributed by atoms with Crippen molar-refractivity contribution in [1.29, 1.82) is 0 Å². The number of azo groups is 2. The zero-order chi connectivity index (χ0) is 31.6. The summed E-state index contributed by atoms with van der Waals surface area (Å²) in [6.07, 6.45) is 0.381. The summed E-state index contributed by atoms with van der Waals surface area (Å²) in [6, 6.07) is 18.1. The third-order valence-electron chi connectivity index (χ3n) is 6.24. The number of esters is 1. The van der Waals surface area contributed by atoms with Crippen LogP contribution in [0.1, 0.15) is 29.8 Å². The van der Waals surface area contributed by atoms with E-state index in [2.05, 4.69) is 20.5 Å². The standard InChI is InChI=1S/C29H27FN6O6S2/c1-3-35(16-15-19-5-14-24(44(40)41)17-26(19)30)22-10-6-21(7-11-22)32-34-28-25(29(37)42-4-2)18-27(43-28)33-31-20-8-12-23(13-9-20)36(38)39/h5-14,17-18H,3-4,15-16H2,1-2H3,(H,40,41)/p-1. The molecule has 0 fully saturated rings. The molecule has 1 heterocycles. The Hall–Kier alpha value is -4.73. The zero-order valence-corrected chi connectivity index (χ0v) is 25.2. The number of hydrogen-bond acceptors (Lipinski definition) is 12. The summed E-state index contributed by atoms with van der Waals surface area (Å²) in [4.78, 5) is 24.8. The lowest BCUT2D eigenvalue weighted by Crippen LogP contribution is -2.25. The Morgan fingerprint density at radius 1 is 0.977 bits per heavy atom. The number of nitro groups is 1. The summed E-state index contributed by atoms with van der Waals surface area (Å²) in [6.45, 7) is 4.98. The Morgan fingerprint density at radius 2 is 1.64 bits per heavy atom. The van der Waals surface area contributed by atoms with Crippen LogP contribution in [0.15, 0.2) is 98.1 Å². The van der Waals surface area contributed by atoms with Gasteiger partial charge in [0, 0.05) is 35.8 Å². The first-order valence-electron chi connectivity index (χ1n) is 13.3. The number of likely N-dealkylation sites (N-methyl/N-ethyl adjacent to an activating group) is 1. The van der Waals surface area contributed by atoms with Gasteiger partial charge in [-0.25, -0.2) is 9.18 Å². The van der Waals surface area contributed by atoms with E-state index in [1.165, 1.54) is 42.5 Å². The molecular formula is C29H26FN6O6S2-. The molecule has 0 aliphatic rings. The van der Waals surface area contributed by atoms with E-state index in [1.807, 2.05) is 24.0 Å². The van der Waals surface area contributed by atoms with Crippen molar-refractivity contribution in [3.63, 3.8) is 0 Å². The number of carbonyl (C=O) groups excluding carboxylic acids is 1. The Kier molecular flexibility index (Phi) is 11.1. The Bertz CT molecular complexity index is 1710. The van der Waals surface area contributed by atoms with Crippen LogP contribution in [0.5, 0.6) is 0 Å². The van der Waals surface area contributed by atoms with Crippen LogP contribution in [0.25, 0.3) is 0 Å². The molecule has 228 valence electrons. The maximum absolute atomic E-state index is 14.4. The van der Waals surface area contributed by atoms with Gasteiger partial charge in [0.2, 0.25) is 0 Å². The number of nitro benzene ring substituents is 1. The van der Waals surface area contributed by atoms with Crippen molar-refractivity contribution >= 4 is 61.1 Å². The maximum atomic E-state index is 14.4. The van der Waals surface area contributed by atoms with Crippen LogP contribution in [0.3, 0.4) is 0 Å². The minimum Gasteiger partial charge on any atom is -0.768 e. The van der Waals surface area contributed by atoms with Gasteiger partial charge in [-0.3, -0.25) is 14.3 Å². The first kappa shape index (κ1) is 32.2. The smallest absolute Gasteiger partial charge is 0.341 e. The van der Waals surface area contributed by atoms with E-state index in [-0.39, 0.29) is 27.8 Å². The van der Waals surface area contributed by atoms with Crippen LogP contribution < -0.4 is 4.90 Å². The highest BCUT2D eigenvalue weighted by atomic mass is 32.2. The highest BCUT2D eigenvalue weighted by molar-refractivity contribution is 7.79. The van der Waals surface area contributed by atoms with E-state index < -0.39 is 27.8 Å². The van der Waals surface area contributed by atoms with E-state index in [4.69, 9.17) is 4.74 Å². The second-order valence-electron chi connectivity index (χ2n) is 9.03. The van der Waals surface area contributed by atoms with Crippen molar-refractivity contribution < 1.29 is 27.6 Å². The van der Waals surface area contributed by atoms with Crippen molar-refractivity contribution in [1.82, 2.24) is 0 Å². The second-order valence-corrected chi connectivity index (χ2v) is 11.0. The van der Waals surface area contributed by atoms with Gasteiger partial charge in [0.1, 0.15) is 16.4 Å². The van der Waals surface area contributed by atoms with Crippen LogP contribution in [-0.2, 0) is 22.2 Å². The molecule has 1 unspecified atom stereocenters. The predicted molar refractivity (Wildman–Crippen MR) is 163 cm³/mol. The largest absolute Gasteiger partial charge is 0.768 e. The average Bonchev–Trinajstić information content (AvgIpc) is 3.44. The Balaban J connectivity index is 1.46. The van der Waals surface area contributed by atoms with Crippen LogP contribution in [0.2, 0.25) is 0 Å². The number of nitrogens with zero attached hydrogens (tertiary/aromatic N) is 6. The van der Waals surface area contributed by atoms with Gasteiger partial charge in [0.25, 0.3) is 5.69 Å². The van der Waals surface area contributed by atoms with Gasteiger partial charge < -0.3 is 14.2 Å². The van der Waals surface area contributed by atoms with Gasteiger partial charge in [-0.2, -0.15) is 0 Å². The van der Waals surface area contributed by atoms with Crippen molar-refractivity contribution in [3.05, 3.63) is 99.9 Å². The summed E-state index contributed by atoms with van der Waals surface area (Å²) in [5.41, 5.74) is 2.32. The molecule has 0 aliphatic carbocycles. The molecule has 12 nitrogen and oxygen atoms in total. The summed E-state index contributed by atoms with van der Waals surface area (Å²) in [5, 5.41) is 28.2. The second kappa shape index (κ2) is 15.1. The van der Waals surface area contributed by atoms with Gasteiger partial charge in [-0.05, 0) is 91.5 Å². The first-order valence-corrected chi connectivity index (χ1v) is 15.2. The molecule has 44 heavy (non-hydrogen) atoms. The molecular weight excluding hydrogens is 611 g/mol. The molecule has 4 aromatic rings. The number of non-ortho nitro benzene ring substituents is 1. The zero-order valence-electron chi connectivity index (χ0n) is 23.6. The molecule has 0 amide bonds. The van der Waals surface area contributed by atoms with Crippen molar-refractivity contribution in [2.24, 2.45) is 20.5 Å². The number of thiophene rings is 1. The van der Waals surface area contributed by atoms with Gasteiger partial charge in [0.15, 0.2) is 5.00 Å². The Labute approximate surface area is 258 Å². The van der Waals surface area contributed by atoms with E-state index in [0.717, 1.165) is 23.1 Å². The number of halogens is 1. The third-order valence-corrected chi connectivity index (χ3v) is 7.78. The third kappa shape index (κ3) is 8.43. The number of ether oxygens (including phenoxy) is 1.